The van der Waals surface area contributed by atoms with Gasteiger partial charge in [0.2, 0.25) is 0 Å². The zero-order valence-corrected chi connectivity index (χ0v) is 12.2. The van der Waals surface area contributed by atoms with Gasteiger partial charge < -0.3 is 5.11 Å². The smallest absolute Gasteiger partial charge is 0.105 e. The van der Waals surface area contributed by atoms with Gasteiger partial charge in [0, 0.05) is 0 Å². The van der Waals surface area contributed by atoms with Crippen molar-refractivity contribution in [2.45, 2.75) is 20.0 Å². The largest absolute Gasteiger partial charge is 0.384 e. The number of hydrogen-bond donors (Lipinski definition) is 1. The van der Waals surface area contributed by atoms with Crippen LogP contribution in [0.15, 0.2) is 29.6 Å². The number of benzene rings is 1. The monoisotopic (exact) mass is 344 g/mol. The molecular weight excluding hydrogens is 331 g/mol. The summed E-state index contributed by atoms with van der Waals surface area (Å²) in [4.78, 5) is 0. The minimum absolute atomic E-state index is 0.500. The van der Waals surface area contributed by atoms with Crippen molar-refractivity contribution in [2.24, 2.45) is 0 Å². The van der Waals surface area contributed by atoms with Crippen molar-refractivity contribution in [1.29, 1.82) is 0 Å². The summed E-state index contributed by atoms with van der Waals surface area (Å²) < 4.78 is 1.21. The van der Waals surface area contributed by atoms with Crippen molar-refractivity contribution in [3.05, 3.63) is 54.8 Å². The van der Waals surface area contributed by atoms with Crippen LogP contribution < -0.4 is 0 Å². The number of rotatable bonds is 2. The summed E-state index contributed by atoms with van der Waals surface area (Å²) in [6.07, 6.45) is -0.500. The highest BCUT2D eigenvalue weighted by atomic mass is 127. The summed E-state index contributed by atoms with van der Waals surface area (Å²) in [5, 5.41) is 12.3. The highest BCUT2D eigenvalue weighted by Gasteiger charge is 2.14. The molecule has 2 aromatic rings. The lowest BCUT2D eigenvalue weighted by molar-refractivity contribution is 0.220. The third-order valence-corrected chi connectivity index (χ3v) is 4.44. The fraction of sp³-hybridized carbons (Fsp3) is 0.231. The van der Waals surface area contributed by atoms with Gasteiger partial charge in [0.15, 0.2) is 0 Å². The Morgan fingerprint density at radius 1 is 1.25 bits per heavy atom. The Morgan fingerprint density at radius 2 is 2.00 bits per heavy atom. The predicted molar refractivity (Wildman–Crippen MR) is 77.0 cm³/mol. The molecule has 1 unspecified atom stereocenters. The van der Waals surface area contributed by atoms with Crippen LogP contribution in [0.2, 0.25) is 0 Å². The summed E-state index contributed by atoms with van der Waals surface area (Å²) >= 11 is 3.94. The van der Waals surface area contributed by atoms with Gasteiger partial charge in [0.05, 0.1) is 2.88 Å². The highest BCUT2D eigenvalue weighted by molar-refractivity contribution is 14.1. The number of hydrogen-bond acceptors (Lipinski definition) is 2. The normalized spacial score (nSPS) is 12.8. The summed E-state index contributed by atoms with van der Waals surface area (Å²) in [7, 11) is 0. The summed E-state index contributed by atoms with van der Waals surface area (Å²) in [5.41, 5.74) is 4.32. The van der Waals surface area contributed by atoms with Crippen LogP contribution in [0.1, 0.15) is 28.4 Å². The third kappa shape index (κ3) is 2.47. The van der Waals surface area contributed by atoms with Gasteiger partial charge in [-0.25, -0.2) is 0 Å². The quantitative estimate of drug-likeness (QED) is 0.815. The Kier molecular flexibility index (Phi) is 3.66. The molecule has 1 aromatic heterocycles. The van der Waals surface area contributed by atoms with Crippen molar-refractivity contribution >= 4 is 33.9 Å². The molecule has 1 N–H and O–H groups in total. The van der Waals surface area contributed by atoms with E-state index in [1.807, 2.05) is 25.3 Å². The van der Waals surface area contributed by atoms with E-state index in [2.05, 4.69) is 40.8 Å². The average Bonchev–Trinajstić information content (AvgIpc) is 2.67. The van der Waals surface area contributed by atoms with Gasteiger partial charge in [-0.15, -0.1) is 11.3 Å². The van der Waals surface area contributed by atoms with Crippen LogP contribution in [0.5, 0.6) is 0 Å². The van der Waals surface area contributed by atoms with Crippen molar-refractivity contribution in [3.8, 4) is 0 Å². The number of aliphatic hydroxyl groups excluding tert-OH is 1. The molecule has 1 atom stereocenters. The Labute approximate surface area is 113 Å². The minimum Gasteiger partial charge on any atom is -0.384 e. The predicted octanol–water partition coefficient (Wildman–Crippen LogP) is 4.05. The molecule has 1 heterocycles. The van der Waals surface area contributed by atoms with E-state index >= 15 is 0 Å². The van der Waals surface area contributed by atoms with Crippen LogP contribution >= 0.6 is 33.9 Å². The van der Waals surface area contributed by atoms with Crippen LogP contribution in [0.3, 0.4) is 0 Å². The maximum absolute atomic E-state index is 10.3. The van der Waals surface area contributed by atoms with Gasteiger partial charge in [-0.3, -0.25) is 0 Å². The van der Waals surface area contributed by atoms with Crippen LogP contribution in [-0.2, 0) is 0 Å². The van der Waals surface area contributed by atoms with Crippen LogP contribution in [0.4, 0.5) is 0 Å². The van der Waals surface area contributed by atoms with Crippen LogP contribution in [-0.4, -0.2) is 5.11 Å². The zero-order chi connectivity index (χ0) is 11.7. The molecule has 1 aromatic carbocycles. The van der Waals surface area contributed by atoms with E-state index in [1.165, 1.54) is 8.45 Å². The second-order valence-corrected chi connectivity index (χ2v) is 6.75. The van der Waals surface area contributed by atoms with Gasteiger partial charge in [-0.2, -0.15) is 0 Å². The number of halogens is 1. The van der Waals surface area contributed by atoms with E-state index in [0.717, 1.165) is 16.7 Å². The van der Waals surface area contributed by atoms with Crippen LogP contribution in [0, 0.1) is 16.7 Å². The first-order valence-electron chi connectivity index (χ1n) is 5.07. The zero-order valence-electron chi connectivity index (χ0n) is 9.20. The molecule has 0 fully saturated rings. The first kappa shape index (κ1) is 12.1. The SMILES string of the molecule is Cc1ccc(C)c(C(O)c2csc(I)c2)c1. The van der Waals surface area contributed by atoms with Gasteiger partial charge in [-0.1, -0.05) is 23.8 Å². The molecule has 0 aliphatic rings. The molecule has 0 spiro atoms. The van der Waals surface area contributed by atoms with Crippen molar-refractivity contribution in [1.82, 2.24) is 0 Å². The topological polar surface area (TPSA) is 20.2 Å². The first-order chi connectivity index (χ1) is 7.58. The molecule has 3 heteroatoms. The Hall–Kier alpha value is -0.390. The minimum atomic E-state index is -0.500. The van der Waals surface area contributed by atoms with E-state index in [1.54, 1.807) is 11.3 Å². The molecule has 0 aliphatic heterocycles. The molecule has 0 aliphatic carbocycles. The van der Waals surface area contributed by atoms with E-state index in [9.17, 15) is 5.11 Å². The van der Waals surface area contributed by atoms with Gasteiger partial charge in [0.25, 0.3) is 0 Å². The summed E-state index contributed by atoms with van der Waals surface area (Å²) in [6, 6.07) is 8.23. The van der Waals surface area contributed by atoms with Crippen molar-refractivity contribution < 1.29 is 5.11 Å². The maximum atomic E-state index is 10.3. The number of thiophene rings is 1. The molecule has 1 nitrogen and oxygen atoms in total. The van der Waals surface area contributed by atoms with Gasteiger partial charge >= 0.3 is 0 Å². The highest BCUT2D eigenvalue weighted by Crippen LogP contribution is 2.29. The Balaban J connectivity index is 2.40. The third-order valence-electron chi connectivity index (χ3n) is 2.63. The summed E-state index contributed by atoms with van der Waals surface area (Å²) in [5.74, 6) is 0. The fourth-order valence-corrected chi connectivity index (χ4v) is 3.09. The lowest BCUT2D eigenvalue weighted by Crippen LogP contribution is -2.01. The molecule has 0 saturated heterocycles. The fourth-order valence-electron chi connectivity index (χ4n) is 1.70. The van der Waals surface area contributed by atoms with E-state index in [-0.39, 0.29) is 0 Å². The molecule has 0 bridgehead atoms. The Morgan fingerprint density at radius 3 is 2.62 bits per heavy atom. The van der Waals surface area contributed by atoms with Gasteiger partial charge in [0.1, 0.15) is 6.10 Å². The van der Waals surface area contributed by atoms with E-state index in [0.29, 0.717) is 0 Å². The average molecular weight is 344 g/mol. The lowest BCUT2D eigenvalue weighted by Gasteiger charge is -2.13. The van der Waals surface area contributed by atoms with Gasteiger partial charge in [-0.05, 0) is 64.6 Å². The van der Waals surface area contributed by atoms with E-state index < -0.39 is 6.10 Å². The summed E-state index contributed by atoms with van der Waals surface area (Å²) in [6.45, 7) is 4.09. The second kappa shape index (κ2) is 4.85. The molecule has 0 radical (unpaired) electrons. The van der Waals surface area contributed by atoms with Crippen molar-refractivity contribution in [3.63, 3.8) is 0 Å². The second-order valence-electron chi connectivity index (χ2n) is 3.95. The molecule has 0 saturated carbocycles. The maximum Gasteiger partial charge on any atom is 0.105 e. The molecule has 0 amide bonds. The van der Waals surface area contributed by atoms with Crippen molar-refractivity contribution in [2.75, 3.05) is 0 Å². The molecule has 16 heavy (non-hydrogen) atoms. The number of aliphatic hydroxyl groups is 1. The van der Waals surface area contributed by atoms with Crippen LogP contribution in [0.25, 0.3) is 0 Å². The molecule has 2 rings (SSSR count). The molecule has 84 valence electrons. The lowest BCUT2D eigenvalue weighted by atomic mass is 9.97. The van der Waals surface area contributed by atoms with E-state index in [4.69, 9.17) is 0 Å². The standard InChI is InChI=1S/C13H13IOS/c1-8-3-4-9(2)11(5-8)13(15)10-6-12(14)16-7-10/h3-7,13,15H,1-2H3. The Bertz CT molecular complexity index is 504. The first-order valence-corrected chi connectivity index (χ1v) is 7.03. The number of aryl methyl sites for hydroxylation is 2. The molecular formula is C13H13IOS.